The zero-order valence-electron chi connectivity index (χ0n) is 11.3. The van der Waals surface area contributed by atoms with Gasteiger partial charge in [0.15, 0.2) is 0 Å². The van der Waals surface area contributed by atoms with Crippen molar-refractivity contribution in [2.45, 2.75) is 46.1 Å². The summed E-state index contributed by atoms with van der Waals surface area (Å²) < 4.78 is 5.90. The second-order valence-electron chi connectivity index (χ2n) is 4.99. The number of ether oxygens (including phenoxy) is 1. The lowest BCUT2D eigenvalue weighted by Gasteiger charge is -2.16. The van der Waals surface area contributed by atoms with Gasteiger partial charge >= 0.3 is 0 Å². The van der Waals surface area contributed by atoms with Crippen molar-refractivity contribution in [3.8, 4) is 5.75 Å². The summed E-state index contributed by atoms with van der Waals surface area (Å²) in [7, 11) is 0. The molecule has 0 fully saturated rings. The predicted octanol–water partition coefficient (Wildman–Crippen LogP) is 3.39. The van der Waals surface area contributed by atoms with Crippen LogP contribution in [0.1, 0.15) is 39.2 Å². The molecule has 0 radical (unpaired) electrons. The van der Waals surface area contributed by atoms with E-state index in [-0.39, 0.29) is 6.04 Å². The maximum atomic E-state index is 5.90. The predicted molar refractivity (Wildman–Crippen MR) is 73.4 cm³/mol. The summed E-state index contributed by atoms with van der Waals surface area (Å²) in [5, 5.41) is 0. The zero-order chi connectivity index (χ0) is 12.7. The Kier molecular flexibility index (Phi) is 6.06. The molecule has 1 rings (SSSR count). The second-order valence-corrected chi connectivity index (χ2v) is 4.99. The van der Waals surface area contributed by atoms with Crippen molar-refractivity contribution in [2.75, 3.05) is 6.61 Å². The molecule has 0 heterocycles. The minimum absolute atomic E-state index is 0.174. The molecule has 17 heavy (non-hydrogen) atoms. The van der Waals surface area contributed by atoms with Gasteiger partial charge in [-0.2, -0.15) is 0 Å². The van der Waals surface area contributed by atoms with E-state index in [1.54, 1.807) is 0 Å². The molecule has 2 heteroatoms. The maximum Gasteiger partial charge on any atom is 0.122 e. The number of para-hydroxylation sites is 1. The Bertz CT molecular complexity index is 322. The second kappa shape index (κ2) is 7.33. The molecule has 0 saturated carbocycles. The van der Waals surface area contributed by atoms with Gasteiger partial charge in [0, 0.05) is 6.04 Å². The summed E-state index contributed by atoms with van der Waals surface area (Å²) in [5.74, 6) is 1.61. The first kappa shape index (κ1) is 14.0. The number of benzene rings is 1. The summed E-state index contributed by atoms with van der Waals surface area (Å²) in [6.07, 6.45) is 3.31. The van der Waals surface area contributed by atoms with Crippen LogP contribution >= 0.6 is 0 Å². The highest BCUT2D eigenvalue weighted by molar-refractivity contribution is 5.33. The van der Waals surface area contributed by atoms with Crippen molar-refractivity contribution < 1.29 is 4.74 Å². The summed E-state index contributed by atoms with van der Waals surface area (Å²) in [6, 6.07) is 8.37. The third kappa shape index (κ3) is 5.22. The molecule has 0 aliphatic carbocycles. The smallest absolute Gasteiger partial charge is 0.122 e. The van der Waals surface area contributed by atoms with Crippen LogP contribution in [-0.4, -0.2) is 12.6 Å². The topological polar surface area (TPSA) is 35.2 Å². The molecule has 0 amide bonds. The van der Waals surface area contributed by atoms with Crippen molar-refractivity contribution in [1.82, 2.24) is 0 Å². The average Bonchev–Trinajstić information content (AvgIpc) is 2.27. The van der Waals surface area contributed by atoms with Gasteiger partial charge in [0.25, 0.3) is 0 Å². The monoisotopic (exact) mass is 235 g/mol. The summed E-state index contributed by atoms with van der Waals surface area (Å²) >= 11 is 0. The van der Waals surface area contributed by atoms with Crippen LogP contribution in [-0.2, 0) is 6.42 Å². The van der Waals surface area contributed by atoms with Crippen molar-refractivity contribution >= 4 is 0 Å². The SMILES string of the molecule is CCCC(C)COc1ccccc1CC(C)N. The van der Waals surface area contributed by atoms with E-state index in [1.165, 1.54) is 18.4 Å². The lowest BCUT2D eigenvalue weighted by Crippen LogP contribution is -2.18. The van der Waals surface area contributed by atoms with Crippen LogP contribution in [0.5, 0.6) is 5.75 Å². The summed E-state index contributed by atoms with van der Waals surface area (Å²) in [5.41, 5.74) is 7.06. The van der Waals surface area contributed by atoms with Gasteiger partial charge in [-0.25, -0.2) is 0 Å². The first-order chi connectivity index (χ1) is 8.13. The molecule has 96 valence electrons. The molecule has 2 N–H and O–H groups in total. The first-order valence-electron chi connectivity index (χ1n) is 6.59. The normalized spacial score (nSPS) is 14.4. The highest BCUT2D eigenvalue weighted by Crippen LogP contribution is 2.20. The number of nitrogens with two attached hydrogens (primary N) is 1. The molecular weight excluding hydrogens is 210 g/mol. The van der Waals surface area contributed by atoms with Crippen LogP contribution in [0.3, 0.4) is 0 Å². The quantitative estimate of drug-likeness (QED) is 0.786. The third-order valence-electron chi connectivity index (χ3n) is 2.82. The maximum absolute atomic E-state index is 5.90. The molecule has 0 saturated heterocycles. The Morgan fingerprint density at radius 3 is 2.59 bits per heavy atom. The summed E-state index contributed by atoms with van der Waals surface area (Å²) in [4.78, 5) is 0. The molecular formula is C15H25NO. The fourth-order valence-corrected chi connectivity index (χ4v) is 1.97. The molecule has 1 aromatic rings. The van der Waals surface area contributed by atoms with Crippen LogP contribution in [0, 0.1) is 5.92 Å². The Morgan fingerprint density at radius 2 is 1.94 bits per heavy atom. The lowest BCUT2D eigenvalue weighted by atomic mass is 10.1. The average molecular weight is 235 g/mol. The zero-order valence-corrected chi connectivity index (χ0v) is 11.3. The van der Waals surface area contributed by atoms with E-state index in [4.69, 9.17) is 10.5 Å². The Hall–Kier alpha value is -1.02. The van der Waals surface area contributed by atoms with Crippen LogP contribution in [0.15, 0.2) is 24.3 Å². The van der Waals surface area contributed by atoms with Gasteiger partial charge < -0.3 is 10.5 Å². The Morgan fingerprint density at radius 1 is 1.24 bits per heavy atom. The highest BCUT2D eigenvalue weighted by atomic mass is 16.5. The van der Waals surface area contributed by atoms with Gasteiger partial charge in [-0.05, 0) is 37.3 Å². The lowest BCUT2D eigenvalue weighted by molar-refractivity contribution is 0.249. The van der Waals surface area contributed by atoms with Crippen molar-refractivity contribution in [1.29, 1.82) is 0 Å². The van der Waals surface area contributed by atoms with Gasteiger partial charge in [-0.1, -0.05) is 38.5 Å². The Labute approximate surface area is 105 Å². The molecule has 0 aliphatic heterocycles. The van der Waals surface area contributed by atoms with Crippen molar-refractivity contribution in [3.05, 3.63) is 29.8 Å². The molecule has 2 atom stereocenters. The molecule has 1 aromatic carbocycles. The van der Waals surface area contributed by atoms with E-state index >= 15 is 0 Å². The largest absolute Gasteiger partial charge is 0.493 e. The fourth-order valence-electron chi connectivity index (χ4n) is 1.97. The molecule has 0 aromatic heterocycles. The minimum atomic E-state index is 0.174. The number of hydrogen-bond donors (Lipinski definition) is 1. The van der Waals surface area contributed by atoms with E-state index in [2.05, 4.69) is 19.9 Å². The third-order valence-corrected chi connectivity index (χ3v) is 2.82. The van der Waals surface area contributed by atoms with Crippen LogP contribution in [0.2, 0.25) is 0 Å². The van der Waals surface area contributed by atoms with Crippen LogP contribution in [0.4, 0.5) is 0 Å². The first-order valence-corrected chi connectivity index (χ1v) is 6.59. The Balaban J connectivity index is 2.57. The molecule has 0 bridgehead atoms. The number of rotatable bonds is 7. The van der Waals surface area contributed by atoms with Crippen LogP contribution < -0.4 is 10.5 Å². The van der Waals surface area contributed by atoms with Gasteiger partial charge in [-0.3, -0.25) is 0 Å². The standard InChI is InChI=1S/C15H25NO/c1-4-7-12(2)11-17-15-9-6-5-8-14(15)10-13(3)16/h5-6,8-9,12-13H,4,7,10-11,16H2,1-3H3. The van der Waals surface area contributed by atoms with E-state index < -0.39 is 0 Å². The van der Waals surface area contributed by atoms with E-state index in [9.17, 15) is 0 Å². The fraction of sp³-hybridized carbons (Fsp3) is 0.600. The molecule has 2 unspecified atom stereocenters. The molecule has 0 spiro atoms. The van der Waals surface area contributed by atoms with Gasteiger partial charge in [0.05, 0.1) is 6.61 Å². The number of hydrogen-bond acceptors (Lipinski definition) is 2. The van der Waals surface area contributed by atoms with E-state index in [0.29, 0.717) is 5.92 Å². The van der Waals surface area contributed by atoms with Gasteiger partial charge in [0.1, 0.15) is 5.75 Å². The highest BCUT2D eigenvalue weighted by Gasteiger charge is 2.07. The minimum Gasteiger partial charge on any atom is -0.493 e. The van der Waals surface area contributed by atoms with Crippen molar-refractivity contribution in [3.63, 3.8) is 0 Å². The van der Waals surface area contributed by atoms with Gasteiger partial charge in [-0.15, -0.1) is 0 Å². The summed E-state index contributed by atoms with van der Waals surface area (Å²) in [6.45, 7) is 7.26. The van der Waals surface area contributed by atoms with Crippen molar-refractivity contribution in [2.24, 2.45) is 11.7 Å². The van der Waals surface area contributed by atoms with Crippen LogP contribution in [0.25, 0.3) is 0 Å². The van der Waals surface area contributed by atoms with Gasteiger partial charge in [0.2, 0.25) is 0 Å². The van der Waals surface area contributed by atoms with E-state index in [1.807, 2.05) is 25.1 Å². The molecule has 0 aliphatic rings. The molecule has 2 nitrogen and oxygen atoms in total. The van der Waals surface area contributed by atoms with E-state index in [0.717, 1.165) is 18.8 Å².